The molecule has 0 atom stereocenters. The molecule has 0 bridgehead atoms. The van der Waals surface area contributed by atoms with Crippen LogP contribution < -0.4 is 20.5 Å². The number of anilines is 1. The van der Waals surface area contributed by atoms with Crippen molar-refractivity contribution in [2.24, 2.45) is 5.73 Å². The van der Waals surface area contributed by atoms with Gasteiger partial charge in [-0.2, -0.15) is 0 Å². The summed E-state index contributed by atoms with van der Waals surface area (Å²) < 4.78 is 10.9. The van der Waals surface area contributed by atoms with E-state index in [4.69, 9.17) is 15.2 Å². The summed E-state index contributed by atoms with van der Waals surface area (Å²) in [5.41, 5.74) is 9.26. The van der Waals surface area contributed by atoms with Gasteiger partial charge in [-0.05, 0) is 74.4 Å². The van der Waals surface area contributed by atoms with Crippen molar-refractivity contribution in [1.82, 2.24) is 4.90 Å². The summed E-state index contributed by atoms with van der Waals surface area (Å²) in [5, 5.41) is 2.28. The average Bonchev–Trinajstić information content (AvgIpc) is 3.03. The molecule has 0 unspecified atom stereocenters. The number of imide groups is 1. The molecule has 1 heterocycles. The predicted octanol–water partition coefficient (Wildman–Crippen LogP) is 3.55. The van der Waals surface area contributed by atoms with Crippen LogP contribution in [-0.4, -0.2) is 47.6 Å². The Morgan fingerprint density at radius 3 is 2.37 bits per heavy atom. The standard InChI is InChI=1S/C25H27N3O6S/c1-5-33-19-10-17(6-7-18(19)34-13-21(26)29)11-20-24(31)28(25(32)35-20)12-22(30)27-23-15(3)8-14(2)9-16(23)4/h6-11H,5,12-13H2,1-4H3,(H2,26,29)(H,27,30)/b20-11-. The first kappa shape index (κ1) is 25.8. The second-order valence-electron chi connectivity index (χ2n) is 7.98. The maximum absolute atomic E-state index is 12.9. The van der Waals surface area contributed by atoms with E-state index >= 15 is 0 Å². The van der Waals surface area contributed by atoms with Gasteiger partial charge in [0.05, 0.1) is 11.5 Å². The second-order valence-corrected chi connectivity index (χ2v) is 8.98. The van der Waals surface area contributed by atoms with Gasteiger partial charge in [0.1, 0.15) is 6.54 Å². The minimum absolute atomic E-state index is 0.179. The molecule has 1 aliphatic rings. The van der Waals surface area contributed by atoms with E-state index in [0.29, 0.717) is 29.4 Å². The normalized spacial score (nSPS) is 14.4. The number of benzene rings is 2. The number of primary amides is 1. The van der Waals surface area contributed by atoms with Gasteiger partial charge in [-0.1, -0.05) is 23.8 Å². The van der Waals surface area contributed by atoms with Crippen LogP contribution in [0.4, 0.5) is 10.5 Å². The average molecular weight is 498 g/mol. The summed E-state index contributed by atoms with van der Waals surface area (Å²) in [6, 6.07) is 8.77. The Morgan fingerprint density at radius 2 is 1.74 bits per heavy atom. The van der Waals surface area contributed by atoms with E-state index < -0.39 is 29.5 Å². The molecule has 0 radical (unpaired) electrons. The van der Waals surface area contributed by atoms with E-state index in [1.54, 1.807) is 25.1 Å². The number of carbonyl (C=O) groups excluding carboxylic acids is 4. The molecule has 3 rings (SSSR count). The molecule has 0 aromatic heterocycles. The van der Waals surface area contributed by atoms with E-state index in [0.717, 1.165) is 33.4 Å². The molecule has 2 aromatic carbocycles. The molecule has 35 heavy (non-hydrogen) atoms. The van der Waals surface area contributed by atoms with Gasteiger partial charge in [0, 0.05) is 5.69 Å². The molecule has 0 aliphatic carbocycles. The number of hydrogen-bond donors (Lipinski definition) is 2. The van der Waals surface area contributed by atoms with Gasteiger partial charge >= 0.3 is 0 Å². The zero-order chi connectivity index (χ0) is 25.7. The number of carbonyl (C=O) groups is 4. The molecular weight excluding hydrogens is 470 g/mol. The number of nitrogens with one attached hydrogen (secondary N) is 1. The summed E-state index contributed by atoms with van der Waals surface area (Å²) in [4.78, 5) is 50.1. The lowest BCUT2D eigenvalue weighted by molar-refractivity contribution is -0.127. The van der Waals surface area contributed by atoms with Crippen LogP contribution in [0.15, 0.2) is 35.2 Å². The first-order valence-electron chi connectivity index (χ1n) is 10.9. The SMILES string of the molecule is CCOc1cc(/C=C2\SC(=O)N(CC(=O)Nc3c(C)cc(C)cc3C)C2=O)ccc1OCC(N)=O. The lowest BCUT2D eigenvalue weighted by Gasteiger charge is -2.16. The summed E-state index contributed by atoms with van der Waals surface area (Å²) in [6.07, 6.45) is 1.54. The highest BCUT2D eigenvalue weighted by molar-refractivity contribution is 8.18. The highest BCUT2D eigenvalue weighted by atomic mass is 32.2. The molecule has 184 valence electrons. The molecule has 0 spiro atoms. The fraction of sp³-hybridized carbons (Fsp3) is 0.280. The Hall–Kier alpha value is -3.79. The van der Waals surface area contributed by atoms with E-state index in [9.17, 15) is 19.2 Å². The zero-order valence-electron chi connectivity index (χ0n) is 20.0. The van der Waals surface area contributed by atoms with Gasteiger partial charge < -0.3 is 20.5 Å². The Balaban J connectivity index is 1.74. The third-order valence-corrected chi connectivity index (χ3v) is 5.96. The molecule has 10 heteroatoms. The van der Waals surface area contributed by atoms with E-state index in [2.05, 4.69) is 5.32 Å². The van der Waals surface area contributed by atoms with Crippen molar-refractivity contribution in [1.29, 1.82) is 0 Å². The number of thioether (sulfide) groups is 1. The Bertz CT molecular complexity index is 1200. The minimum Gasteiger partial charge on any atom is -0.490 e. The van der Waals surface area contributed by atoms with Crippen LogP contribution in [0.2, 0.25) is 0 Å². The maximum Gasteiger partial charge on any atom is 0.294 e. The van der Waals surface area contributed by atoms with Crippen molar-refractivity contribution in [2.75, 3.05) is 25.1 Å². The lowest BCUT2D eigenvalue weighted by Crippen LogP contribution is -2.36. The Labute approximate surface area is 207 Å². The van der Waals surface area contributed by atoms with E-state index in [1.807, 2.05) is 32.9 Å². The van der Waals surface area contributed by atoms with Crippen LogP contribution in [0, 0.1) is 20.8 Å². The molecule has 3 N–H and O–H groups in total. The summed E-state index contributed by atoms with van der Waals surface area (Å²) in [6.45, 7) is 7.19. The molecule has 1 fully saturated rings. The van der Waals surface area contributed by atoms with Crippen LogP contribution >= 0.6 is 11.8 Å². The Morgan fingerprint density at radius 1 is 1.06 bits per heavy atom. The largest absolute Gasteiger partial charge is 0.490 e. The highest BCUT2D eigenvalue weighted by Crippen LogP contribution is 2.35. The molecule has 1 saturated heterocycles. The van der Waals surface area contributed by atoms with Gasteiger partial charge in [-0.3, -0.25) is 24.1 Å². The number of aryl methyl sites for hydroxylation is 3. The number of nitrogens with zero attached hydrogens (tertiary/aromatic N) is 1. The molecule has 0 saturated carbocycles. The van der Waals surface area contributed by atoms with E-state index in [-0.39, 0.29) is 11.5 Å². The van der Waals surface area contributed by atoms with Crippen molar-refractivity contribution < 1.29 is 28.7 Å². The van der Waals surface area contributed by atoms with Crippen LogP contribution in [0.5, 0.6) is 11.5 Å². The Kier molecular flexibility index (Phi) is 8.18. The molecule has 4 amide bonds. The third kappa shape index (κ3) is 6.42. The van der Waals surface area contributed by atoms with Crippen LogP contribution in [0.25, 0.3) is 6.08 Å². The van der Waals surface area contributed by atoms with Crippen molar-refractivity contribution in [2.45, 2.75) is 27.7 Å². The first-order chi connectivity index (χ1) is 16.6. The summed E-state index contributed by atoms with van der Waals surface area (Å²) >= 11 is 0.756. The van der Waals surface area contributed by atoms with Crippen molar-refractivity contribution in [3.8, 4) is 11.5 Å². The van der Waals surface area contributed by atoms with Crippen molar-refractivity contribution >= 4 is 46.5 Å². The maximum atomic E-state index is 12.9. The predicted molar refractivity (Wildman–Crippen MR) is 134 cm³/mol. The molecular formula is C25H27N3O6S. The molecule has 9 nitrogen and oxygen atoms in total. The van der Waals surface area contributed by atoms with E-state index in [1.165, 1.54) is 6.08 Å². The van der Waals surface area contributed by atoms with Gasteiger partial charge in [-0.25, -0.2) is 0 Å². The van der Waals surface area contributed by atoms with Crippen LogP contribution in [-0.2, 0) is 14.4 Å². The number of nitrogens with two attached hydrogens (primary N) is 1. The molecule has 1 aliphatic heterocycles. The smallest absolute Gasteiger partial charge is 0.294 e. The molecule has 2 aromatic rings. The summed E-state index contributed by atoms with van der Waals surface area (Å²) in [5.74, 6) is -0.946. The van der Waals surface area contributed by atoms with Crippen LogP contribution in [0.1, 0.15) is 29.2 Å². The second kappa shape index (κ2) is 11.1. The summed E-state index contributed by atoms with van der Waals surface area (Å²) in [7, 11) is 0. The lowest BCUT2D eigenvalue weighted by atomic mass is 10.1. The van der Waals surface area contributed by atoms with Crippen molar-refractivity contribution in [3.63, 3.8) is 0 Å². The minimum atomic E-state index is -0.623. The quantitative estimate of drug-likeness (QED) is 0.507. The van der Waals surface area contributed by atoms with Crippen molar-refractivity contribution in [3.05, 3.63) is 57.5 Å². The fourth-order valence-electron chi connectivity index (χ4n) is 3.64. The zero-order valence-corrected chi connectivity index (χ0v) is 20.8. The number of rotatable bonds is 9. The highest BCUT2D eigenvalue weighted by Gasteiger charge is 2.36. The van der Waals surface area contributed by atoms with Crippen LogP contribution in [0.3, 0.4) is 0 Å². The fourth-order valence-corrected chi connectivity index (χ4v) is 4.48. The first-order valence-corrected chi connectivity index (χ1v) is 11.7. The van der Waals surface area contributed by atoms with Gasteiger partial charge in [0.15, 0.2) is 18.1 Å². The number of amides is 4. The van der Waals surface area contributed by atoms with Gasteiger partial charge in [-0.15, -0.1) is 0 Å². The number of ether oxygens (including phenoxy) is 2. The third-order valence-electron chi connectivity index (χ3n) is 5.05. The topological polar surface area (TPSA) is 128 Å². The van der Waals surface area contributed by atoms with Gasteiger partial charge in [0.2, 0.25) is 5.91 Å². The van der Waals surface area contributed by atoms with Gasteiger partial charge in [0.25, 0.3) is 17.1 Å². The number of hydrogen-bond acceptors (Lipinski definition) is 7. The monoisotopic (exact) mass is 497 g/mol.